The van der Waals surface area contributed by atoms with Crippen LogP contribution in [0.1, 0.15) is 18.4 Å². The molecule has 0 saturated carbocycles. The summed E-state index contributed by atoms with van der Waals surface area (Å²) in [5.41, 5.74) is 1.40. The molecule has 1 atom stereocenters. The zero-order chi connectivity index (χ0) is 10.2. The average Bonchev–Trinajstić information content (AvgIpc) is 2.25. The molecule has 1 N–H and O–H groups in total. The van der Waals surface area contributed by atoms with Crippen LogP contribution < -0.4 is 5.32 Å². The van der Waals surface area contributed by atoms with Gasteiger partial charge in [0.05, 0.1) is 0 Å². The van der Waals surface area contributed by atoms with Crippen molar-refractivity contribution in [3.63, 3.8) is 0 Å². The predicted octanol–water partition coefficient (Wildman–Crippen LogP) is 2.78. The fourth-order valence-electron chi connectivity index (χ4n) is 1.57. The zero-order valence-corrected chi connectivity index (χ0v) is 8.87. The number of nitrogens with one attached hydrogen (secondary N) is 1. The molecule has 0 fully saturated rings. The highest BCUT2D eigenvalue weighted by Gasteiger charge is 2.05. The smallest absolute Gasteiger partial charge is 0.0107 e. The molecule has 1 aromatic carbocycles. The van der Waals surface area contributed by atoms with E-state index >= 15 is 0 Å². The molecule has 0 aromatic heterocycles. The van der Waals surface area contributed by atoms with E-state index in [-0.39, 0.29) is 0 Å². The second-order valence-electron chi connectivity index (χ2n) is 3.54. The van der Waals surface area contributed by atoms with Gasteiger partial charge in [0.25, 0.3) is 0 Å². The second kappa shape index (κ2) is 6.39. The molecule has 1 heteroatoms. The van der Waals surface area contributed by atoms with E-state index in [1.54, 1.807) is 0 Å². The zero-order valence-electron chi connectivity index (χ0n) is 8.87. The first-order valence-corrected chi connectivity index (χ1v) is 5.19. The first kappa shape index (κ1) is 11.0. The largest absolute Gasteiger partial charge is 0.317 e. The molecular weight excluding hydrogens is 170 g/mol. The van der Waals surface area contributed by atoms with Crippen molar-refractivity contribution < 1.29 is 0 Å². The van der Waals surface area contributed by atoms with Crippen molar-refractivity contribution in [3.05, 3.63) is 48.6 Å². The van der Waals surface area contributed by atoms with Gasteiger partial charge in [-0.05, 0) is 31.9 Å². The summed E-state index contributed by atoms with van der Waals surface area (Å²) in [7, 11) is 2.02. The molecule has 0 aliphatic carbocycles. The van der Waals surface area contributed by atoms with Gasteiger partial charge >= 0.3 is 0 Å². The molecule has 76 valence electrons. The number of allylic oxidation sites excluding steroid dienone is 1. The molecule has 0 heterocycles. The van der Waals surface area contributed by atoms with Crippen molar-refractivity contribution in [2.75, 3.05) is 7.05 Å². The third-order valence-electron chi connectivity index (χ3n) is 2.45. The Labute approximate surface area is 86.8 Å². The molecule has 0 bridgehead atoms. The van der Waals surface area contributed by atoms with E-state index in [2.05, 4.69) is 42.2 Å². The van der Waals surface area contributed by atoms with Crippen molar-refractivity contribution >= 4 is 0 Å². The minimum Gasteiger partial charge on any atom is -0.317 e. The summed E-state index contributed by atoms with van der Waals surface area (Å²) in [5.74, 6) is 0. The number of hydrogen-bond acceptors (Lipinski definition) is 1. The Morgan fingerprint density at radius 2 is 2.07 bits per heavy atom. The number of hydrogen-bond donors (Lipinski definition) is 1. The van der Waals surface area contributed by atoms with Crippen molar-refractivity contribution in [1.82, 2.24) is 5.32 Å². The van der Waals surface area contributed by atoms with E-state index in [4.69, 9.17) is 0 Å². The SMILES string of the molecule is C=CCCC(Cc1ccccc1)NC. The third kappa shape index (κ3) is 3.75. The van der Waals surface area contributed by atoms with Crippen molar-refractivity contribution in [2.45, 2.75) is 25.3 Å². The highest BCUT2D eigenvalue weighted by atomic mass is 14.9. The molecular formula is C13H19N. The van der Waals surface area contributed by atoms with Gasteiger partial charge in [0.2, 0.25) is 0 Å². The lowest BCUT2D eigenvalue weighted by atomic mass is 10.0. The second-order valence-corrected chi connectivity index (χ2v) is 3.54. The van der Waals surface area contributed by atoms with Gasteiger partial charge in [-0.1, -0.05) is 36.4 Å². The summed E-state index contributed by atoms with van der Waals surface area (Å²) in [4.78, 5) is 0. The Morgan fingerprint density at radius 1 is 1.36 bits per heavy atom. The van der Waals surface area contributed by atoms with Gasteiger partial charge in [0.1, 0.15) is 0 Å². The summed E-state index contributed by atoms with van der Waals surface area (Å²) in [5, 5.41) is 3.34. The fraction of sp³-hybridized carbons (Fsp3) is 0.385. The average molecular weight is 189 g/mol. The van der Waals surface area contributed by atoms with Crippen molar-refractivity contribution in [1.29, 1.82) is 0 Å². The summed E-state index contributed by atoms with van der Waals surface area (Å²) >= 11 is 0. The van der Waals surface area contributed by atoms with E-state index in [1.807, 2.05) is 13.1 Å². The van der Waals surface area contributed by atoms with Crippen LogP contribution in [0.2, 0.25) is 0 Å². The Bertz CT molecular complexity index is 253. The van der Waals surface area contributed by atoms with Crippen LogP contribution in [-0.2, 0) is 6.42 Å². The molecule has 0 aliphatic rings. The van der Waals surface area contributed by atoms with Crippen molar-refractivity contribution in [3.8, 4) is 0 Å². The van der Waals surface area contributed by atoms with E-state index in [9.17, 15) is 0 Å². The Kier molecular flexibility index (Phi) is 5.02. The molecule has 1 aromatic rings. The molecule has 0 aliphatic heterocycles. The van der Waals surface area contributed by atoms with Gasteiger partial charge in [-0.25, -0.2) is 0 Å². The van der Waals surface area contributed by atoms with Crippen LogP contribution in [0.15, 0.2) is 43.0 Å². The maximum atomic E-state index is 3.75. The van der Waals surface area contributed by atoms with E-state index in [0.717, 1.165) is 19.3 Å². The van der Waals surface area contributed by atoms with Gasteiger partial charge in [-0.2, -0.15) is 0 Å². The summed E-state index contributed by atoms with van der Waals surface area (Å²) in [6.07, 6.45) is 5.33. The maximum Gasteiger partial charge on any atom is 0.0107 e. The molecule has 0 radical (unpaired) electrons. The monoisotopic (exact) mass is 189 g/mol. The van der Waals surface area contributed by atoms with Crippen LogP contribution in [0.3, 0.4) is 0 Å². The first-order valence-electron chi connectivity index (χ1n) is 5.19. The number of benzene rings is 1. The van der Waals surface area contributed by atoms with Gasteiger partial charge in [0.15, 0.2) is 0 Å². The van der Waals surface area contributed by atoms with Crippen LogP contribution >= 0.6 is 0 Å². The van der Waals surface area contributed by atoms with Crippen LogP contribution in [-0.4, -0.2) is 13.1 Å². The Hall–Kier alpha value is -1.08. The first-order chi connectivity index (χ1) is 6.86. The van der Waals surface area contributed by atoms with Gasteiger partial charge in [-0.15, -0.1) is 6.58 Å². The Balaban J connectivity index is 2.44. The molecule has 14 heavy (non-hydrogen) atoms. The van der Waals surface area contributed by atoms with Crippen LogP contribution in [0.4, 0.5) is 0 Å². The molecule has 0 amide bonds. The molecule has 1 unspecified atom stereocenters. The summed E-state index contributed by atoms with van der Waals surface area (Å²) in [6, 6.07) is 11.2. The fourth-order valence-corrected chi connectivity index (χ4v) is 1.57. The summed E-state index contributed by atoms with van der Waals surface area (Å²) < 4.78 is 0. The van der Waals surface area contributed by atoms with Gasteiger partial charge in [-0.3, -0.25) is 0 Å². The molecule has 0 saturated heterocycles. The van der Waals surface area contributed by atoms with Gasteiger partial charge < -0.3 is 5.32 Å². The van der Waals surface area contributed by atoms with Crippen LogP contribution in [0.5, 0.6) is 0 Å². The van der Waals surface area contributed by atoms with E-state index in [1.165, 1.54) is 5.56 Å². The van der Waals surface area contributed by atoms with E-state index < -0.39 is 0 Å². The minimum absolute atomic E-state index is 0.565. The van der Waals surface area contributed by atoms with Crippen LogP contribution in [0, 0.1) is 0 Å². The minimum atomic E-state index is 0.565. The molecule has 1 nitrogen and oxygen atoms in total. The number of rotatable bonds is 6. The Morgan fingerprint density at radius 3 is 2.64 bits per heavy atom. The lowest BCUT2D eigenvalue weighted by molar-refractivity contribution is 0.525. The standard InChI is InChI=1S/C13H19N/c1-3-4-10-13(14-2)11-12-8-6-5-7-9-12/h3,5-9,13-14H,1,4,10-11H2,2H3. The number of likely N-dealkylation sites (N-methyl/N-ethyl adjacent to an activating group) is 1. The lowest BCUT2D eigenvalue weighted by Crippen LogP contribution is -2.27. The highest BCUT2D eigenvalue weighted by Crippen LogP contribution is 2.07. The topological polar surface area (TPSA) is 12.0 Å². The predicted molar refractivity (Wildman–Crippen MR) is 62.4 cm³/mol. The molecule has 0 spiro atoms. The lowest BCUT2D eigenvalue weighted by Gasteiger charge is -2.14. The van der Waals surface area contributed by atoms with Crippen molar-refractivity contribution in [2.24, 2.45) is 0 Å². The highest BCUT2D eigenvalue weighted by molar-refractivity contribution is 5.15. The summed E-state index contributed by atoms with van der Waals surface area (Å²) in [6.45, 7) is 3.75. The maximum absolute atomic E-state index is 3.75. The van der Waals surface area contributed by atoms with Crippen LogP contribution in [0.25, 0.3) is 0 Å². The van der Waals surface area contributed by atoms with Gasteiger partial charge in [0, 0.05) is 6.04 Å². The normalized spacial score (nSPS) is 12.4. The third-order valence-corrected chi connectivity index (χ3v) is 2.45. The van der Waals surface area contributed by atoms with E-state index in [0.29, 0.717) is 6.04 Å². The quantitative estimate of drug-likeness (QED) is 0.678. The molecule has 1 rings (SSSR count).